The third-order valence-corrected chi connectivity index (χ3v) is 6.95. The fraction of sp³-hybridized carbons (Fsp3) is 0.367. The van der Waals surface area contributed by atoms with Gasteiger partial charge in [-0.3, -0.25) is 4.79 Å². The van der Waals surface area contributed by atoms with Gasteiger partial charge >= 0.3 is 12.5 Å². The molecule has 5 rings (SSSR count). The van der Waals surface area contributed by atoms with Crippen molar-refractivity contribution in [1.82, 2.24) is 30.0 Å². The zero-order chi connectivity index (χ0) is 31.6. The average Bonchev–Trinajstić information content (AvgIpc) is 3.36. The second-order valence-corrected chi connectivity index (χ2v) is 11.4. The Morgan fingerprint density at radius 1 is 1.07 bits per heavy atom. The van der Waals surface area contributed by atoms with Crippen LogP contribution in [0.4, 0.5) is 23.8 Å². The maximum Gasteiger partial charge on any atom is 0.573 e. The van der Waals surface area contributed by atoms with Gasteiger partial charge in [0, 0.05) is 25.2 Å². The van der Waals surface area contributed by atoms with E-state index >= 15 is 0 Å². The summed E-state index contributed by atoms with van der Waals surface area (Å²) in [7, 11) is 0. The summed E-state index contributed by atoms with van der Waals surface area (Å²) in [5, 5.41) is 8.07. The Balaban J connectivity index is 1.34. The van der Waals surface area contributed by atoms with Crippen LogP contribution in [0, 0.1) is 0 Å². The van der Waals surface area contributed by atoms with E-state index in [1.165, 1.54) is 24.5 Å². The normalized spacial score (nSPS) is 15.7. The van der Waals surface area contributed by atoms with Gasteiger partial charge in [0.2, 0.25) is 0 Å². The van der Waals surface area contributed by atoms with Crippen LogP contribution >= 0.6 is 0 Å². The van der Waals surface area contributed by atoms with Crippen LogP contribution in [-0.4, -0.2) is 61.7 Å². The first-order valence-electron chi connectivity index (χ1n) is 14.0. The van der Waals surface area contributed by atoms with Crippen molar-refractivity contribution < 1.29 is 32.2 Å². The maximum atomic E-state index is 12.8. The van der Waals surface area contributed by atoms with Crippen molar-refractivity contribution in [2.75, 3.05) is 18.8 Å². The van der Waals surface area contributed by atoms with E-state index in [0.29, 0.717) is 40.9 Å². The van der Waals surface area contributed by atoms with Gasteiger partial charge in [0.25, 0.3) is 5.91 Å². The summed E-state index contributed by atoms with van der Waals surface area (Å²) in [6, 6.07) is 12.1. The largest absolute Gasteiger partial charge is 0.573 e. The SMILES string of the molecule is CC(C)(C)OC(=O)N1CCC[C@@H](n2nc(-c3ccc(CNC(=O)c4ccccc4OC(F)(F)F)cc3)c3c(N)ncnc32)C1. The Morgan fingerprint density at radius 2 is 1.80 bits per heavy atom. The number of hydrogen-bond acceptors (Lipinski definition) is 8. The summed E-state index contributed by atoms with van der Waals surface area (Å²) >= 11 is 0. The fourth-order valence-electron chi connectivity index (χ4n) is 5.02. The van der Waals surface area contributed by atoms with Crippen molar-refractivity contribution in [1.29, 1.82) is 0 Å². The highest BCUT2D eigenvalue weighted by atomic mass is 19.4. The molecular formula is C30H32F3N7O4. The number of carbonyl (C=O) groups is 2. The number of benzene rings is 2. The lowest BCUT2D eigenvalue weighted by Crippen LogP contribution is -2.43. The Hall–Kier alpha value is -4.88. The second kappa shape index (κ2) is 12.0. The van der Waals surface area contributed by atoms with Gasteiger partial charge in [0.05, 0.1) is 17.0 Å². The standard InChI is InChI=1S/C30H32F3N7O4/c1-29(2,3)44-28(42)39-14-6-7-20(16-39)40-26-23(25(34)36-17-37-26)24(38-40)19-12-10-18(11-13-19)15-35-27(41)21-8-4-5-9-22(21)43-30(31,32)33/h4-5,8-13,17,20H,6-7,14-16H2,1-3H3,(H,35,41)(H2,34,36,37)/t20-/m1/s1. The van der Waals surface area contributed by atoms with E-state index < -0.39 is 23.6 Å². The van der Waals surface area contributed by atoms with Crippen LogP contribution < -0.4 is 15.8 Å². The van der Waals surface area contributed by atoms with Gasteiger partial charge in [-0.2, -0.15) is 5.10 Å². The summed E-state index contributed by atoms with van der Waals surface area (Å²) in [6.07, 6.45) is -2.40. The number of halogens is 3. The number of para-hydroxylation sites is 1. The molecule has 1 aliphatic rings. The van der Waals surface area contributed by atoms with E-state index in [-0.39, 0.29) is 30.1 Å². The van der Waals surface area contributed by atoms with Gasteiger partial charge in [-0.25, -0.2) is 19.4 Å². The zero-order valence-corrected chi connectivity index (χ0v) is 24.4. The molecule has 0 unspecified atom stereocenters. The van der Waals surface area contributed by atoms with Crippen LogP contribution in [0.3, 0.4) is 0 Å². The van der Waals surface area contributed by atoms with Crippen molar-refractivity contribution in [3.05, 3.63) is 66.0 Å². The number of nitrogens with two attached hydrogens (primary N) is 1. The minimum atomic E-state index is -4.92. The molecular weight excluding hydrogens is 579 g/mol. The average molecular weight is 612 g/mol. The molecule has 4 aromatic rings. The van der Waals surface area contributed by atoms with Crippen LogP contribution in [0.1, 0.15) is 55.6 Å². The van der Waals surface area contributed by atoms with Gasteiger partial charge in [-0.05, 0) is 51.3 Å². The molecule has 2 aromatic carbocycles. The van der Waals surface area contributed by atoms with Crippen LogP contribution in [0.15, 0.2) is 54.9 Å². The number of hydrogen-bond donors (Lipinski definition) is 2. The lowest BCUT2D eigenvalue weighted by Gasteiger charge is -2.34. The van der Waals surface area contributed by atoms with Crippen LogP contribution in [-0.2, 0) is 11.3 Å². The fourth-order valence-corrected chi connectivity index (χ4v) is 5.02. The minimum absolute atomic E-state index is 0.0580. The van der Waals surface area contributed by atoms with E-state index in [4.69, 9.17) is 15.6 Å². The predicted octanol–water partition coefficient (Wildman–Crippen LogP) is 5.48. The third kappa shape index (κ3) is 7.01. The molecule has 0 aliphatic carbocycles. The molecule has 14 heteroatoms. The molecule has 1 saturated heterocycles. The number of likely N-dealkylation sites (tertiary alicyclic amines) is 1. The molecule has 0 spiro atoms. The molecule has 1 atom stereocenters. The maximum absolute atomic E-state index is 12.8. The molecule has 2 amide bonds. The summed E-state index contributed by atoms with van der Waals surface area (Å²) in [5.74, 6) is -1.04. The first-order chi connectivity index (χ1) is 20.8. The molecule has 0 radical (unpaired) electrons. The lowest BCUT2D eigenvalue weighted by atomic mass is 10.1. The van der Waals surface area contributed by atoms with Gasteiger partial charge in [0.1, 0.15) is 29.2 Å². The minimum Gasteiger partial charge on any atom is -0.444 e. The van der Waals surface area contributed by atoms with Crippen LogP contribution in [0.5, 0.6) is 5.75 Å². The molecule has 3 N–H and O–H groups in total. The van der Waals surface area contributed by atoms with Crippen molar-refractivity contribution in [3.63, 3.8) is 0 Å². The van der Waals surface area contributed by atoms with Crippen molar-refractivity contribution in [3.8, 4) is 17.0 Å². The monoisotopic (exact) mass is 611 g/mol. The summed E-state index contributed by atoms with van der Waals surface area (Å²) in [6.45, 7) is 6.50. The number of aromatic nitrogens is 4. The quantitative estimate of drug-likeness (QED) is 0.293. The van der Waals surface area contributed by atoms with Crippen molar-refractivity contribution >= 4 is 28.9 Å². The third-order valence-electron chi connectivity index (χ3n) is 6.95. The van der Waals surface area contributed by atoms with E-state index in [9.17, 15) is 22.8 Å². The van der Waals surface area contributed by atoms with Crippen LogP contribution in [0.25, 0.3) is 22.3 Å². The number of nitrogens with zero attached hydrogens (tertiary/aromatic N) is 5. The highest BCUT2D eigenvalue weighted by Crippen LogP contribution is 2.34. The number of fused-ring (bicyclic) bond motifs is 1. The Labute approximate surface area is 251 Å². The number of nitrogens with one attached hydrogen (secondary N) is 1. The number of carbonyl (C=O) groups excluding carboxylic acids is 2. The van der Waals surface area contributed by atoms with E-state index in [1.807, 2.05) is 20.8 Å². The molecule has 11 nitrogen and oxygen atoms in total. The summed E-state index contributed by atoms with van der Waals surface area (Å²) in [5.41, 5.74) is 7.95. The van der Waals surface area contributed by atoms with E-state index in [1.54, 1.807) is 33.8 Å². The summed E-state index contributed by atoms with van der Waals surface area (Å²) in [4.78, 5) is 35.7. The first kappa shape index (κ1) is 30.6. The molecule has 1 fully saturated rings. The Bertz CT molecular complexity index is 1670. The van der Waals surface area contributed by atoms with Crippen LogP contribution in [0.2, 0.25) is 0 Å². The number of ether oxygens (including phenoxy) is 2. The molecule has 232 valence electrons. The zero-order valence-electron chi connectivity index (χ0n) is 24.4. The highest BCUT2D eigenvalue weighted by molar-refractivity contribution is 5.98. The number of amides is 2. The molecule has 44 heavy (non-hydrogen) atoms. The molecule has 2 aromatic heterocycles. The predicted molar refractivity (Wildman–Crippen MR) is 156 cm³/mol. The van der Waals surface area contributed by atoms with Crippen molar-refractivity contribution in [2.24, 2.45) is 0 Å². The Kier molecular flexibility index (Phi) is 8.35. The highest BCUT2D eigenvalue weighted by Gasteiger charge is 2.33. The summed E-state index contributed by atoms with van der Waals surface area (Å²) < 4.78 is 49.6. The van der Waals surface area contributed by atoms with E-state index in [0.717, 1.165) is 18.9 Å². The molecule has 1 aliphatic heterocycles. The number of nitrogen functional groups attached to an aromatic ring is 1. The van der Waals surface area contributed by atoms with E-state index in [2.05, 4.69) is 20.0 Å². The topological polar surface area (TPSA) is 137 Å². The lowest BCUT2D eigenvalue weighted by molar-refractivity contribution is -0.274. The first-order valence-corrected chi connectivity index (χ1v) is 14.0. The number of rotatable bonds is 6. The smallest absolute Gasteiger partial charge is 0.444 e. The Morgan fingerprint density at radius 3 is 2.50 bits per heavy atom. The van der Waals surface area contributed by atoms with Gasteiger partial charge in [-0.1, -0.05) is 36.4 Å². The van der Waals surface area contributed by atoms with Gasteiger partial charge in [0.15, 0.2) is 5.65 Å². The number of anilines is 1. The molecule has 0 bridgehead atoms. The van der Waals surface area contributed by atoms with Crippen molar-refractivity contribution in [2.45, 2.75) is 58.2 Å². The van der Waals surface area contributed by atoms with Gasteiger partial charge in [-0.15, -0.1) is 13.2 Å². The molecule has 0 saturated carbocycles. The van der Waals surface area contributed by atoms with Gasteiger partial charge < -0.3 is 25.4 Å². The number of alkyl halides is 3. The second-order valence-electron chi connectivity index (χ2n) is 11.4. The number of piperidine rings is 1. The molecule has 3 heterocycles.